The Balaban J connectivity index is 1.60. The van der Waals surface area contributed by atoms with Gasteiger partial charge in [-0.25, -0.2) is 4.98 Å². The van der Waals surface area contributed by atoms with Crippen LogP contribution in [-0.4, -0.2) is 28.1 Å². The maximum atomic E-state index is 11.7. The van der Waals surface area contributed by atoms with Gasteiger partial charge in [-0.15, -0.1) is 0 Å². The van der Waals surface area contributed by atoms with Gasteiger partial charge in [-0.05, 0) is 25.5 Å². The van der Waals surface area contributed by atoms with Crippen molar-refractivity contribution >= 4 is 5.91 Å². The van der Waals surface area contributed by atoms with Crippen molar-refractivity contribution in [2.75, 3.05) is 6.54 Å². The minimum absolute atomic E-state index is 0.0509. The van der Waals surface area contributed by atoms with E-state index in [0.29, 0.717) is 13.0 Å². The first kappa shape index (κ1) is 15.1. The van der Waals surface area contributed by atoms with Crippen molar-refractivity contribution in [2.45, 2.75) is 32.4 Å². The van der Waals surface area contributed by atoms with Crippen LogP contribution in [0.25, 0.3) is 0 Å². The number of hydrogen-bond donors (Lipinski definition) is 1. The number of para-hydroxylation sites is 1. The predicted molar refractivity (Wildman–Crippen MR) is 81.0 cm³/mol. The number of nitrogens with zero attached hydrogens (tertiary/aromatic N) is 2. The number of rotatable bonds is 8. The first-order chi connectivity index (χ1) is 10.2. The van der Waals surface area contributed by atoms with Crippen molar-refractivity contribution in [3.05, 3.63) is 49.1 Å². The van der Waals surface area contributed by atoms with Gasteiger partial charge in [0.05, 0.1) is 12.9 Å². The Morgan fingerprint density at radius 1 is 1.38 bits per heavy atom. The molecule has 21 heavy (non-hydrogen) atoms. The molecule has 0 radical (unpaired) electrons. The molecule has 112 valence electrons. The molecule has 0 bridgehead atoms. The normalized spacial score (nSPS) is 11.9. The molecular weight excluding hydrogens is 266 g/mol. The summed E-state index contributed by atoms with van der Waals surface area (Å²) in [5, 5.41) is 2.89. The van der Waals surface area contributed by atoms with Gasteiger partial charge in [0.1, 0.15) is 11.9 Å². The quantitative estimate of drug-likeness (QED) is 0.810. The van der Waals surface area contributed by atoms with Gasteiger partial charge in [0.25, 0.3) is 0 Å². The zero-order chi connectivity index (χ0) is 14.9. The van der Waals surface area contributed by atoms with Gasteiger partial charge in [0.2, 0.25) is 5.91 Å². The molecule has 1 atom stereocenters. The van der Waals surface area contributed by atoms with E-state index in [9.17, 15) is 4.79 Å². The van der Waals surface area contributed by atoms with E-state index in [1.165, 1.54) is 0 Å². The first-order valence-electron chi connectivity index (χ1n) is 7.18. The van der Waals surface area contributed by atoms with Gasteiger partial charge >= 0.3 is 0 Å². The van der Waals surface area contributed by atoms with E-state index in [4.69, 9.17) is 4.74 Å². The van der Waals surface area contributed by atoms with Gasteiger partial charge in [0, 0.05) is 25.4 Å². The molecular formula is C16H21N3O2. The summed E-state index contributed by atoms with van der Waals surface area (Å²) in [5.74, 6) is 0.873. The fraction of sp³-hybridized carbons (Fsp3) is 0.375. The number of carbonyl (C=O) groups is 1. The Labute approximate surface area is 125 Å². The Hall–Kier alpha value is -2.30. The van der Waals surface area contributed by atoms with Crippen LogP contribution in [0.5, 0.6) is 5.75 Å². The Bertz CT molecular complexity index is 526. The number of nitrogens with one attached hydrogen (secondary N) is 1. The van der Waals surface area contributed by atoms with Crippen LogP contribution < -0.4 is 10.1 Å². The minimum atomic E-state index is -0.0509. The topological polar surface area (TPSA) is 56.2 Å². The number of benzene rings is 1. The number of ether oxygens (including phenoxy) is 1. The molecule has 2 rings (SSSR count). The van der Waals surface area contributed by atoms with Crippen LogP contribution in [0.4, 0.5) is 0 Å². The fourth-order valence-corrected chi connectivity index (χ4v) is 1.96. The zero-order valence-corrected chi connectivity index (χ0v) is 12.2. The van der Waals surface area contributed by atoms with Crippen molar-refractivity contribution in [1.82, 2.24) is 14.9 Å². The highest BCUT2D eigenvalue weighted by Crippen LogP contribution is 2.10. The minimum Gasteiger partial charge on any atom is -0.489 e. The first-order valence-corrected chi connectivity index (χ1v) is 7.18. The molecule has 1 aromatic heterocycles. The molecule has 5 nitrogen and oxygen atoms in total. The largest absolute Gasteiger partial charge is 0.489 e. The summed E-state index contributed by atoms with van der Waals surface area (Å²) in [6.07, 6.45) is 6.65. The molecule has 1 aromatic carbocycles. The van der Waals surface area contributed by atoms with E-state index >= 15 is 0 Å². The number of imidazole rings is 1. The lowest BCUT2D eigenvalue weighted by Crippen LogP contribution is -2.33. The van der Waals surface area contributed by atoms with Gasteiger partial charge < -0.3 is 14.6 Å². The molecule has 1 heterocycles. The second-order valence-electron chi connectivity index (χ2n) is 4.95. The molecule has 0 aliphatic rings. The Morgan fingerprint density at radius 3 is 2.90 bits per heavy atom. The third-order valence-electron chi connectivity index (χ3n) is 3.05. The number of hydrogen-bond acceptors (Lipinski definition) is 3. The number of carbonyl (C=O) groups excluding carboxylic acids is 1. The third kappa shape index (κ3) is 5.69. The summed E-state index contributed by atoms with van der Waals surface area (Å²) in [5.41, 5.74) is 0. The lowest BCUT2D eigenvalue weighted by Gasteiger charge is -2.15. The highest BCUT2D eigenvalue weighted by molar-refractivity contribution is 5.75. The van der Waals surface area contributed by atoms with Crippen molar-refractivity contribution < 1.29 is 9.53 Å². The summed E-state index contributed by atoms with van der Waals surface area (Å²) in [6, 6.07) is 9.61. The van der Waals surface area contributed by atoms with Crippen LogP contribution in [0.15, 0.2) is 49.1 Å². The average Bonchev–Trinajstić information content (AvgIpc) is 2.99. The van der Waals surface area contributed by atoms with Crippen LogP contribution in [-0.2, 0) is 11.3 Å². The van der Waals surface area contributed by atoms with Crippen molar-refractivity contribution in [3.63, 3.8) is 0 Å². The van der Waals surface area contributed by atoms with Gasteiger partial charge in [-0.3, -0.25) is 4.79 Å². The van der Waals surface area contributed by atoms with Crippen molar-refractivity contribution in [1.29, 1.82) is 0 Å². The molecule has 0 aliphatic heterocycles. The van der Waals surface area contributed by atoms with E-state index in [-0.39, 0.29) is 12.0 Å². The van der Waals surface area contributed by atoms with Crippen molar-refractivity contribution in [3.8, 4) is 5.75 Å². The Morgan fingerprint density at radius 2 is 2.19 bits per heavy atom. The summed E-state index contributed by atoms with van der Waals surface area (Å²) < 4.78 is 7.67. The van der Waals surface area contributed by atoms with Gasteiger partial charge in [-0.2, -0.15) is 0 Å². The van der Waals surface area contributed by atoms with Crippen LogP contribution in [0.1, 0.15) is 19.8 Å². The summed E-state index contributed by atoms with van der Waals surface area (Å²) >= 11 is 0. The summed E-state index contributed by atoms with van der Waals surface area (Å²) in [4.78, 5) is 15.7. The van der Waals surface area contributed by atoms with E-state index in [1.54, 1.807) is 12.5 Å². The lowest BCUT2D eigenvalue weighted by atomic mass is 10.3. The molecule has 0 spiro atoms. The number of aryl methyl sites for hydroxylation is 1. The highest BCUT2D eigenvalue weighted by atomic mass is 16.5. The van der Waals surface area contributed by atoms with E-state index in [2.05, 4.69) is 10.3 Å². The van der Waals surface area contributed by atoms with Crippen LogP contribution in [0, 0.1) is 0 Å². The van der Waals surface area contributed by atoms with Crippen LogP contribution >= 0.6 is 0 Å². The van der Waals surface area contributed by atoms with Crippen LogP contribution in [0.2, 0.25) is 0 Å². The monoisotopic (exact) mass is 287 g/mol. The van der Waals surface area contributed by atoms with Crippen molar-refractivity contribution in [2.24, 2.45) is 0 Å². The van der Waals surface area contributed by atoms with E-state index in [1.807, 2.05) is 48.0 Å². The molecule has 0 saturated heterocycles. The summed E-state index contributed by atoms with van der Waals surface area (Å²) in [6.45, 7) is 3.26. The number of aromatic nitrogens is 2. The molecule has 1 amide bonds. The Kier molecular flexibility index (Phi) is 5.82. The molecule has 0 saturated carbocycles. The molecule has 0 fully saturated rings. The maximum Gasteiger partial charge on any atom is 0.220 e. The van der Waals surface area contributed by atoms with E-state index in [0.717, 1.165) is 18.7 Å². The number of amides is 1. The second kappa shape index (κ2) is 8.09. The molecule has 5 heteroatoms. The van der Waals surface area contributed by atoms with Crippen LogP contribution in [0.3, 0.4) is 0 Å². The smallest absolute Gasteiger partial charge is 0.220 e. The fourth-order valence-electron chi connectivity index (χ4n) is 1.96. The molecule has 0 aliphatic carbocycles. The average molecular weight is 287 g/mol. The van der Waals surface area contributed by atoms with Gasteiger partial charge in [0.15, 0.2) is 0 Å². The molecule has 0 unspecified atom stereocenters. The highest BCUT2D eigenvalue weighted by Gasteiger charge is 2.06. The maximum absolute atomic E-state index is 11.7. The SMILES string of the molecule is C[C@@H](CNC(=O)CCCn1ccnc1)Oc1ccccc1. The van der Waals surface area contributed by atoms with E-state index < -0.39 is 0 Å². The second-order valence-corrected chi connectivity index (χ2v) is 4.95. The summed E-state index contributed by atoms with van der Waals surface area (Å²) in [7, 11) is 0. The predicted octanol–water partition coefficient (Wildman–Crippen LogP) is 2.25. The molecule has 1 N–H and O–H groups in total. The van der Waals surface area contributed by atoms with Gasteiger partial charge in [-0.1, -0.05) is 18.2 Å². The zero-order valence-electron chi connectivity index (χ0n) is 12.2. The standard InChI is InChI=1S/C16H21N3O2/c1-14(21-15-6-3-2-4-7-15)12-18-16(20)8-5-10-19-11-9-17-13-19/h2-4,6-7,9,11,13-14H,5,8,10,12H2,1H3,(H,18,20)/t14-/m0/s1. The third-order valence-corrected chi connectivity index (χ3v) is 3.05. The lowest BCUT2D eigenvalue weighted by molar-refractivity contribution is -0.121. The molecule has 2 aromatic rings.